The summed E-state index contributed by atoms with van der Waals surface area (Å²) in [6.07, 6.45) is 4.58. The summed E-state index contributed by atoms with van der Waals surface area (Å²) in [4.78, 5) is 10.6. The summed E-state index contributed by atoms with van der Waals surface area (Å²) in [6, 6.07) is 0.285. The van der Waals surface area contributed by atoms with Crippen molar-refractivity contribution in [2.75, 3.05) is 0 Å². The molecule has 0 unspecified atom stereocenters. The van der Waals surface area contributed by atoms with E-state index in [2.05, 4.69) is 19.2 Å². The van der Waals surface area contributed by atoms with Gasteiger partial charge in [-0.15, -0.1) is 0 Å². The predicted molar refractivity (Wildman–Crippen MR) is 40.5 cm³/mol. The zero-order valence-corrected chi connectivity index (χ0v) is 6.42. The van der Waals surface area contributed by atoms with Gasteiger partial charge in [0.05, 0.1) is 0 Å². The van der Waals surface area contributed by atoms with Crippen LogP contribution in [0.2, 0.25) is 0 Å². The molecule has 0 aliphatic carbocycles. The molecule has 0 saturated heterocycles. The van der Waals surface area contributed by atoms with Gasteiger partial charge in [-0.1, -0.05) is 19.9 Å². The van der Waals surface area contributed by atoms with Crippen LogP contribution in [0.3, 0.4) is 0 Å². The standard InChI is InChI=1S/C8H13NO/c1-6(2)5-7-3-4-8(10)9-7/h3-4,6-7H,5H2,1-2H3,(H,9,10)/t7-/m0/s1. The average molecular weight is 139 g/mol. The first-order chi connectivity index (χ1) is 4.68. The van der Waals surface area contributed by atoms with Gasteiger partial charge in [0.25, 0.3) is 0 Å². The monoisotopic (exact) mass is 139 g/mol. The summed E-state index contributed by atoms with van der Waals surface area (Å²) in [7, 11) is 0. The zero-order chi connectivity index (χ0) is 7.56. The fourth-order valence-corrected chi connectivity index (χ4v) is 1.13. The molecule has 56 valence electrons. The van der Waals surface area contributed by atoms with Crippen LogP contribution >= 0.6 is 0 Å². The number of hydrogen-bond acceptors (Lipinski definition) is 1. The molecular weight excluding hydrogens is 126 g/mol. The van der Waals surface area contributed by atoms with Crippen molar-refractivity contribution in [3.8, 4) is 0 Å². The summed E-state index contributed by atoms with van der Waals surface area (Å²) in [5.41, 5.74) is 0. The minimum absolute atomic E-state index is 0.0469. The van der Waals surface area contributed by atoms with Gasteiger partial charge in [-0.3, -0.25) is 4.79 Å². The number of hydrogen-bond donors (Lipinski definition) is 1. The smallest absolute Gasteiger partial charge is 0.244 e. The summed E-state index contributed by atoms with van der Waals surface area (Å²) in [6.45, 7) is 4.30. The van der Waals surface area contributed by atoms with Crippen molar-refractivity contribution in [1.82, 2.24) is 5.32 Å². The molecule has 2 nitrogen and oxygen atoms in total. The number of amides is 1. The maximum atomic E-state index is 10.6. The molecule has 1 N–H and O–H groups in total. The van der Waals surface area contributed by atoms with Gasteiger partial charge in [-0.2, -0.15) is 0 Å². The minimum Gasteiger partial charge on any atom is -0.346 e. The summed E-state index contributed by atoms with van der Waals surface area (Å²) in [5.74, 6) is 0.693. The molecule has 2 heteroatoms. The summed E-state index contributed by atoms with van der Waals surface area (Å²) >= 11 is 0. The summed E-state index contributed by atoms with van der Waals surface area (Å²) in [5, 5.41) is 2.84. The lowest BCUT2D eigenvalue weighted by molar-refractivity contribution is -0.116. The Morgan fingerprint density at radius 3 is 2.80 bits per heavy atom. The minimum atomic E-state index is 0.0469. The molecule has 0 aromatic heterocycles. The van der Waals surface area contributed by atoms with Crippen molar-refractivity contribution in [2.45, 2.75) is 26.3 Å². The maximum Gasteiger partial charge on any atom is 0.244 e. The van der Waals surface area contributed by atoms with Gasteiger partial charge in [0, 0.05) is 12.1 Å². The first-order valence-corrected chi connectivity index (χ1v) is 3.67. The van der Waals surface area contributed by atoms with Gasteiger partial charge < -0.3 is 5.32 Å². The van der Waals surface area contributed by atoms with Crippen molar-refractivity contribution in [1.29, 1.82) is 0 Å². The second-order valence-corrected chi connectivity index (χ2v) is 3.10. The summed E-state index contributed by atoms with van der Waals surface area (Å²) < 4.78 is 0. The van der Waals surface area contributed by atoms with Crippen LogP contribution < -0.4 is 5.32 Å². The largest absolute Gasteiger partial charge is 0.346 e. The Bertz CT molecular complexity index is 161. The molecule has 0 saturated carbocycles. The van der Waals surface area contributed by atoms with E-state index in [1.54, 1.807) is 6.08 Å². The third kappa shape index (κ3) is 1.87. The van der Waals surface area contributed by atoms with Crippen LogP contribution in [-0.2, 0) is 4.79 Å². The highest BCUT2D eigenvalue weighted by atomic mass is 16.1. The molecule has 1 aliphatic rings. The fraction of sp³-hybridized carbons (Fsp3) is 0.625. The van der Waals surface area contributed by atoms with E-state index in [9.17, 15) is 4.79 Å². The van der Waals surface area contributed by atoms with E-state index in [0.29, 0.717) is 5.92 Å². The first-order valence-electron chi connectivity index (χ1n) is 3.67. The van der Waals surface area contributed by atoms with Crippen LogP contribution in [0.5, 0.6) is 0 Å². The van der Waals surface area contributed by atoms with Crippen molar-refractivity contribution in [3.05, 3.63) is 12.2 Å². The normalized spacial score (nSPS) is 23.9. The Balaban J connectivity index is 2.33. The third-order valence-electron chi connectivity index (χ3n) is 1.53. The van der Waals surface area contributed by atoms with E-state index in [4.69, 9.17) is 0 Å². The maximum absolute atomic E-state index is 10.6. The second kappa shape index (κ2) is 2.86. The Labute approximate surface area is 61.3 Å². The van der Waals surface area contributed by atoms with Crippen molar-refractivity contribution in [3.63, 3.8) is 0 Å². The van der Waals surface area contributed by atoms with Crippen LogP contribution in [-0.4, -0.2) is 11.9 Å². The molecule has 10 heavy (non-hydrogen) atoms. The van der Waals surface area contributed by atoms with Crippen molar-refractivity contribution >= 4 is 5.91 Å². The van der Waals surface area contributed by atoms with Gasteiger partial charge >= 0.3 is 0 Å². The van der Waals surface area contributed by atoms with Crippen molar-refractivity contribution in [2.24, 2.45) is 5.92 Å². The quantitative estimate of drug-likeness (QED) is 0.609. The van der Waals surface area contributed by atoms with E-state index in [1.807, 2.05) is 6.08 Å². The van der Waals surface area contributed by atoms with E-state index in [1.165, 1.54) is 0 Å². The molecule has 1 atom stereocenters. The molecule has 1 amide bonds. The number of carbonyl (C=O) groups is 1. The van der Waals surface area contributed by atoms with E-state index >= 15 is 0 Å². The molecule has 1 rings (SSSR count). The predicted octanol–water partition coefficient (Wildman–Crippen LogP) is 1.09. The second-order valence-electron chi connectivity index (χ2n) is 3.10. The zero-order valence-electron chi connectivity index (χ0n) is 6.42. The molecule has 0 bridgehead atoms. The van der Waals surface area contributed by atoms with E-state index in [0.717, 1.165) is 6.42 Å². The van der Waals surface area contributed by atoms with Gasteiger partial charge in [0.1, 0.15) is 0 Å². The molecule has 1 aliphatic heterocycles. The van der Waals surface area contributed by atoms with Crippen molar-refractivity contribution < 1.29 is 4.79 Å². The highest BCUT2D eigenvalue weighted by Gasteiger charge is 2.14. The number of carbonyl (C=O) groups excluding carboxylic acids is 1. The third-order valence-corrected chi connectivity index (χ3v) is 1.53. The van der Waals surface area contributed by atoms with Crippen LogP contribution in [0.1, 0.15) is 20.3 Å². The first kappa shape index (κ1) is 7.32. The molecule has 0 spiro atoms. The average Bonchev–Trinajstić information content (AvgIpc) is 2.13. The van der Waals surface area contributed by atoms with Crippen LogP contribution in [0.15, 0.2) is 12.2 Å². The lowest BCUT2D eigenvalue weighted by Crippen LogP contribution is -2.27. The molecule has 0 aromatic rings. The number of rotatable bonds is 2. The van der Waals surface area contributed by atoms with Gasteiger partial charge in [-0.25, -0.2) is 0 Å². The number of nitrogens with one attached hydrogen (secondary N) is 1. The van der Waals surface area contributed by atoms with Gasteiger partial charge in [-0.05, 0) is 12.3 Å². The lowest BCUT2D eigenvalue weighted by Gasteiger charge is -2.10. The lowest BCUT2D eigenvalue weighted by atomic mass is 10.1. The Kier molecular flexibility index (Phi) is 2.10. The van der Waals surface area contributed by atoms with E-state index < -0.39 is 0 Å². The SMILES string of the molecule is CC(C)C[C@@H]1C=CC(=O)N1. The van der Waals surface area contributed by atoms with E-state index in [-0.39, 0.29) is 11.9 Å². The topological polar surface area (TPSA) is 29.1 Å². The molecule has 1 heterocycles. The molecule has 0 radical (unpaired) electrons. The van der Waals surface area contributed by atoms with Gasteiger partial charge in [0.15, 0.2) is 0 Å². The molecule has 0 fully saturated rings. The van der Waals surface area contributed by atoms with Crippen LogP contribution in [0, 0.1) is 5.92 Å². The molecule has 0 aromatic carbocycles. The highest BCUT2D eigenvalue weighted by Crippen LogP contribution is 2.08. The van der Waals surface area contributed by atoms with Crippen LogP contribution in [0.4, 0.5) is 0 Å². The Morgan fingerprint density at radius 2 is 2.40 bits per heavy atom. The molecular formula is C8H13NO. The fourth-order valence-electron chi connectivity index (χ4n) is 1.13. The Morgan fingerprint density at radius 1 is 1.70 bits per heavy atom. The highest BCUT2D eigenvalue weighted by molar-refractivity contribution is 5.90. The Hall–Kier alpha value is -0.790. The van der Waals surface area contributed by atoms with Gasteiger partial charge in [0.2, 0.25) is 5.91 Å². The van der Waals surface area contributed by atoms with Crippen LogP contribution in [0.25, 0.3) is 0 Å².